The molecule has 0 aromatic heterocycles. The summed E-state index contributed by atoms with van der Waals surface area (Å²) < 4.78 is 27.1. The minimum atomic E-state index is -3.55. The van der Waals surface area contributed by atoms with Crippen molar-refractivity contribution >= 4 is 27.3 Å². The number of nitrogens with one attached hydrogen (secondary N) is 1. The van der Waals surface area contributed by atoms with Crippen LogP contribution in [0.2, 0.25) is 0 Å². The molecule has 0 atom stereocenters. The maximum atomic E-state index is 12.8. The van der Waals surface area contributed by atoms with Crippen molar-refractivity contribution < 1.29 is 13.2 Å². The summed E-state index contributed by atoms with van der Waals surface area (Å²) in [4.78, 5) is 14.2. The van der Waals surface area contributed by atoms with Crippen LogP contribution >= 0.6 is 0 Å². The topological polar surface area (TPSA) is 69.7 Å². The van der Waals surface area contributed by atoms with Crippen LogP contribution in [0.5, 0.6) is 0 Å². The zero-order valence-electron chi connectivity index (χ0n) is 16.3. The lowest BCUT2D eigenvalue weighted by Gasteiger charge is -2.21. The van der Waals surface area contributed by atoms with E-state index < -0.39 is 10.0 Å². The largest absolute Gasteiger partial charge is 0.376 e. The summed E-state index contributed by atoms with van der Waals surface area (Å²) in [7, 11) is -1.84. The van der Waals surface area contributed by atoms with Gasteiger partial charge >= 0.3 is 0 Å². The average Bonchev–Trinajstić information content (AvgIpc) is 2.67. The minimum Gasteiger partial charge on any atom is -0.376 e. The third kappa shape index (κ3) is 4.87. The average molecular weight is 390 g/mol. The Labute approximate surface area is 161 Å². The SMILES string of the molecule is CCN(CC)S(=O)(=O)c1cc(NCC(=O)N(C)c2ccccc2)ccc1C. The Morgan fingerprint density at radius 2 is 1.67 bits per heavy atom. The van der Waals surface area contributed by atoms with E-state index in [0.29, 0.717) is 24.3 Å². The molecule has 0 radical (unpaired) electrons. The second-order valence-corrected chi connectivity index (χ2v) is 8.12. The maximum absolute atomic E-state index is 12.8. The van der Waals surface area contributed by atoms with Gasteiger partial charge < -0.3 is 10.2 Å². The number of aryl methyl sites for hydroxylation is 1. The highest BCUT2D eigenvalue weighted by molar-refractivity contribution is 7.89. The van der Waals surface area contributed by atoms with Gasteiger partial charge in [0.05, 0.1) is 11.4 Å². The number of rotatable bonds is 8. The lowest BCUT2D eigenvalue weighted by atomic mass is 10.2. The van der Waals surface area contributed by atoms with Gasteiger partial charge in [-0.25, -0.2) is 8.42 Å². The van der Waals surface area contributed by atoms with Crippen LogP contribution in [-0.2, 0) is 14.8 Å². The molecule has 0 aliphatic heterocycles. The lowest BCUT2D eigenvalue weighted by molar-refractivity contribution is -0.116. The molecular formula is C20H27N3O3S. The fourth-order valence-corrected chi connectivity index (χ4v) is 4.49. The number of carbonyl (C=O) groups excluding carboxylic acids is 1. The Kier molecular flexibility index (Phi) is 6.98. The van der Waals surface area contributed by atoms with Gasteiger partial charge in [0.1, 0.15) is 0 Å². The Hall–Kier alpha value is -2.38. The van der Waals surface area contributed by atoms with Crippen LogP contribution < -0.4 is 10.2 Å². The minimum absolute atomic E-state index is 0.0687. The Morgan fingerprint density at radius 3 is 2.26 bits per heavy atom. The Morgan fingerprint density at radius 1 is 1.04 bits per heavy atom. The standard InChI is InChI=1S/C20H27N3O3S/c1-5-23(6-2)27(25,26)19-14-17(13-12-16(19)3)21-15-20(24)22(4)18-10-8-7-9-11-18/h7-14,21H,5-6,15H2,1-4H3. The summed E-state index contributed by atoms with van der Waals surface area (Å²) in [6, 6.07) is 14.5. The number of nitrogens with zero attached hydrogens (tertiary/aromatic N) is 2. The molecule has 0 unspecified atom stereocenters. The summed E-state index contributed by atoms with van der Waals surface area (Å²) >= 11 is 0. The third-order valence-electron chi connectivity index (χ3n) is 4.47. The van der Waals surface area contributed by atoms with E-state index in [1.165, 1.54) is 4.31 Å². The molecule has 6 nitrogen and oxygen atoms in total. The number of hydrogen-bond acceptors (Lipinski definition) is 4. The molecule has 2 aromatic carbocycles. The van der Waals surface area contributed by atoms with E-state index >= 15 is 0 Å². The molecule has 1 N–H and O–H groups in total. The van der Waals surface area contributed by atoms with Crippen molar-refractivity contribution in [3.63, 3.8) is 0 Å². The van der Waals surface area contributed by atoms with Gasteiger partial charge in [-0.2, -0.15) is 4.31 Å². The van der Waals surface area contributed by atoms with Gasteiger partial charge in [-0.15, -0.1) is 0 Å². The van der Waals surface area contributed by atoms with E-state index in [2.05, 4.69) is 5.32 Å². The van der Waals surface area contributed by atoms with Crippen molar-refractivity contribution in [1.82, 2.24) is 4.31 Å². The van der Waals surface area contributed by atoms with Crippen LogP contribution in [0.1, 0.15) is 19.4 Å². The molecule has 0 heterocycles. The molecule has 0 aliphatic carbocycles. The first-order valence-electron chi connectivity index (χ1n) is 8.97. The van der Waals surface area contributed by atoms with Crippen molar-refractivity contribution in [2.75, 3.05) is 36.9 Å². The Bertz CT molecular complexity index is 879. The van der Waals surface area contributed by atoms with Crippen LogP contribution in [0.4, 0.5) is 11.4 Å². The Balaban J connectivity index is 2.15. The predicted octanol–water partition coefficient (Wildman–Crippen LogP) is 3.10. The van der Waals surface area contributed by atoms with E-state index in [0.717, 1.165) is 5.69 Å². The molecule has 0 fully saturated rings. The van der Waals surface area contributed by atoms with E-state index in [1.807, 2.05) is 44.2 Å². The summed E-state index contributed by atoms with van der Waals surface area (Å²) in [5, 5.41) is 3.04. The van der Waals surface area contributed by atoms with Crippen LogP contribution in [0.3, 0.4) is 0 Å². The van der Waals surface area contributed by atoms with Crippen molar-refractivity contribution in [3.8, 4) is 0 Å². The van der Waals surface area contributed by atoms with Crippen LogP contribution in [0.15, 0.2) is 53.4 Å². The zero-order chi connectivity index (χ0) is 20.0. The number of para-hydroxylation sites is 1. The lowest BCUT2D eigenvalue weighted by Crippen LogP contribution is -2.32. The first-order valence-corrected chi connectivity index (χ1v) is 10.4. The fourth-order valence-electron chi connectivity index (χ4n) is 2.78. The van der Waals surface area contributed by atoms with E-state index in [9.17, 15) is 13.2 Å². The molecule has 0 spiro atoms. The molecule has 0 saturated carbocycles. The molecular weight excluding hydrogens is 362 g/mol. The van der Waals surface area contributed by atoms with E-state index in [-0.39, 0.29) is 17.3 Å². The number of likely N-dealkylation sites (N-methyl/N-ethyl adjacent to an activating group) is 1. The van der Waals surface area contributed by atoms with Crippen LogP contribution in [-0.4, -0.2) is 45.3 Å². The van der Waals surface area contributed by atoms with Crippen molar-refractivity contribution in [3.05, 3.63) is 54.1 Å². The van der Waals surface area contributed by atoms with Gasteiger partial charge in [0.25, 0.3) is 0 Å². The molecule has 2 aromatic rings. The number of carbonyl (C=O) groups is 1. The van der Waals surface area contributed by atoms with Gasteiger partial charge in [0.2, 0.25) is 15.9 Å². The van der Waals surface area contributed by atoms with Gasteiger partial charge in [-0.3, -0.25) is 4.79 Å². The van der Waals surface area contributed by atoms with Crippen molar-refractivity contribution in [2.24, 2.45) is 0 Å². The number of hydrogen-bond donors (Lipinski definition) is 1. The predicted molar refractivity (Wildman–Crippen MR) is 110 cm³/mol. The fraction of sp³-hybridized carbons (Fsp3) is 0.350. The number of anilines is 2. The zero-order valence-corrected chi connectivity index (χ0v) is 17.1. The van der Waals surface area contributed by atoms with E-state index in [4.69, 9.17) is 0 Å². The first-order chi connectivity index (χ1) is 12.8. The third-order valence-corrected chi connectivity index (χ3v) is 6.66. The van der Waals surface area contributed by atoms with Gasteiger partial charge in [0, 0.05) is 31.5 Å². The van der Waals surface area contributed by atoms with E-state index in [1.54, 1.807) is 37.1 Å². The normalized spacial score (nSPS) is 11.4. The molecule has 27 heavy (non-hydrogen) atoms. The second-order valence-electron chi connectivity index (χ2n) is 6.21. The van der Waals surface area contributed by atoms with Crippen LogP contribution in [0.25, 0.3) is 0 Å². The first kappa shape index (κ1) is 20.9. The summed E-state index contributed by atoms with van der Waals surface area (Å²) in [5.41, 5.74) is 2.08. The maximum Gasteiger partial charge on any atom is 0.246 e. The molecule has 0 aliphatic rings. The summed E-state index contributed by atoms with van der Waals surface area (Å²) in [5.74, 6) is -0.116. The highest BCUT2D eigenvalue weighted by Gasteiger charge is 2.24. The molecule has 2 rings (SSSR count). The van der Waals surface area contributed by atoms with Gasteiger partial charge in [-0.1, -0.05) is 38.1 Å². The smallest absolute Gasteiger partial charge is 0.246 e. The van der Waals surface area contributed by atoms with Crippen molar-refractivity contribution in [2.45, 2.75) is 25.7 Å². The molecule has 0 bridgehead atoms. The highest BCUT2D eigenvalue weighted by Crippen LogP contribution is 2.23. The number of amides is 1. The number of sulfonamides is 1. The highest BCUT2D eigenvalue weighted by atomic mass is 32.2. The molecule has 146 valence electrons. The molecule has 7 heteroatoms. The monoisotopic (exact) mass is 389 g/mol. The summed E-state index contributed by atoms with van der Waals surface area (Å²) in [6.07, 6.45) is 0. The van der Waals surface area contributed by atoms with Gasteiger partial charge in [-0.05, 0) is 36.8 Å². The summed E-state index contributed by atoms with van der Waals surface area (Å²) in [6.45, 7) is 6.30. The number of benzene rings is 2. The van der Waals surface area contributed by atoms with Crippen LogP contribution in [0, 0.1) is 6.92 Å². The quantitative estimate of drug-likeness (QED) is 0.753. The second kappa shape index (κ2) is 9.01. The van der Waals surface area contributed by atoms with Crippen molar-refractivity contribution in [1.29, 1.82) is 0 Å². The molecule has 0 saturated heterocycles. The molecule has 1 amide bonds. The van der Waals surface area contributed by atoms with Gasteiger partial charge in [0.15, 0.2) is 0 Å².